The second kappa shape index (κ2) is 8.63. The van der Waals surface area contributed by atoms with Crippen LogP contribution in [0.1, 0.15) is 74.7 Å². The molecule has 1 saturated heterocycles. The molecule has 38 heavy (non-hydrogen) atoms. The fourth-order valence-corrected chi connectivity index (χ4v) is 7.28. The Morgan fingerprint density at radius 2 is 1.71 bits per heavy atom. The minimum Gasteiger partial charge on any atom is -0.487 e. The zero-order chi connectivity index (χ0) is 26.2. The maximum Gasteiger partial charge on any atom is 0.253 e. The molecule has 2 fully saturated rings. The molecule has 3 heterocycles. The lowest BCUT2D eigenvalue weighted by atomic mass is 9.64. The van der Waals surface area contributed by atoms with E-state index in [0.29, 0.717) is 49.2 Å². The van der Waals surface area contributed by atoms with Gasteiger partial charge in [0.25, 0.3) is 5.91 Å². The van der Waals surface area contributed by atoms with Gasteiger partial charge in [-0.05, 0) is 69.6 Å². The zero-order valence-electron chi connectivity index (χ0n) is 22.4. The average Bonchev–Trinajstić information content (AvgIpc) is 2.91. The predicted octanol–water partition coefficient (Wildman–Crippen LogP) is 6.22. The molecule has 3 aliphatic rings. The fourth-order valence-electron chi connectivity index (χ4n) is 7.28. The number of aliphatic hydroxyl groups excluding tert-OH is 1. The summed E-state index contributed by atoms with van der Waals surface area (Å²) in [4.78, 5) is 25.5. The minimum atomic E-state index is -0.313. The van der Waals surface area contributed by atoms with Crippen molar-refractivity contribution in [3.63, 3.8) is 0 Å². The van der Waals surface area contributed by atoms with Crippen LogP contribution in [0.5, 0.6) is 5.75 Å². The Kier molecular flexibility index (Phi) is 5.42. The molecule has 1 amide bonds. The lowest BCUT2D eigenvalue weighted by Gasteiger charge is -2.49. The maximum absolute atomic E-state index is 13.3. The summed E-state index contributed by atoms with van der Waals surface area (Å²) in [6, 6.07) is 14.1. The number of piperidine rings is 1. The number of carbonyl (C=O) groups is 1. The van der Waals surface area contributed by atoms with Gasteiger partial charge in [-0.15, -0.1) is 0 Å². The molecule has 196 valence electrons. The molecule has 1 aliphatic carbocycles. The summed E-state index contributed by atoms with van der Waals surface area (Å²) in [6.07, 6.45) is 4.43. The van der Waals surface area contributed by atoms with Crippen molar-refractivity contribution < 1.29 is 14.6 Å². The standard InChI is InChI=1S/C32H35N3O3/c1-18-8-10-24-23(16-18)27-29-28(21-6-4-5-7-22(21)30(27)38-32(24,2)3)33-25-11-9-19(17-26(25)34-29)31(37)35-14-12-20(36)13-15-35/h4-7,9,11,17-18,20,23-24,36H,8,10,12-16H2,1-3H3/t18-,23-,24-/m0/s1. The van der Waals surface area contributed by atoms with Gasteiger partial charge >= 0.3 is 0 Å². The number of aromatic nitrogens is 2. The van der Waals surface area contributed by atoms with Gasteiger partial charge in [0, 0.05) is 40.9 Å². The summed E-state index contributed by atoms with van der Waals surface area (Å²) in [7, 11) is 0. The van der Waals surface area contributed by atoms with Crippen molar-refractivity contribution in [2.24, 2.45) is 11.8 Å². The van der Waals surface area contributed by atoms with Crippen LogP contribution in [0.25, 0.3) is 32.8 Å². The van der Waals surface area contributed by atoms with E-state index in [0.717, 1.165) is 51.4 Å². The quantitative estimate of drug-likeness (QED) is 0.243. The third kappa shape index (κ3) is 3.68. The maximum atomic E-state index is 13.3. The molecule has 1 aromatic heterocycles. The first-order chi connectivity index (χ1) is 18.3. The second-order valence-electron chi connectivity index (χ2n) is 12.3. The molecule has 7 rings (SSSR count). The molecule has 1 N–H and O–H groups in total. The molecule has 0 bridgehead atoms. The highest BCUT2D eigenvalue weighted by Gasteiger charge is 2.47. The van der Waals surface area contributed by atoms with Crippen molar-refractivity contribution in [2.45, 2.75) is 70.5 Å². The summed E-state index contributed by atoms with van der Waals surface area (Å²) < 4.78 is 6.86. The van der Waals surface area contributed by atoms with E-state index < -0.39 is 0 Å². The highest BCUT2D eigenvalue weighted by atomic mass is 16.5. The molecule has 1 saturated carbocycles. The molecule has 0 spiro atoms. The molecule has 3 aromatic carbocycles. The van der Waals surface area contributed by atoms with Crippen molar-refractivity contribution in [1.82, 2.24) is 14.9 Å². The van der Waals surface area contributed by atoms with Gasteiger partial charge < -0.3 is 14.7 Å². The van der Waals surface area contributed by atoms with Gasteiger partial charge in [0.15, 0.2) is 0 Å². The number of amides is 1. The topological polar surface area (TPSA) is 75.6 Å². The van der Waals surface area contributed by atoms with Gasteiger partial charge in [-0.2, -0.15) is 0 Å². The number of carbonyl (C=O) groups excluding carboxylic acids is 1. The molecule has 6 heteroatoms. The van der Waals surface area contributed by atoms with Crippen LogP contribution in [-0.2, 0) is 0 Å². The average molecular weight is 510 g/mol. The Morgan fingerprint density at radius 1 is 0.974 bits per heavy atom. The first-order valence-corrected chi connectivity index (χ1v) is 14.1. The van der Waals surface area contributed by atoms with Crippen LogP contribution in [-0.4, -0.2) is 50.7 Å². The largest absolute Gasteiger partial charge is 0.487 e. The van der Waals surface area contributed by atoms with E-state index in [9.17, 15) is 9.90 Å². The van der Waals surface area contributed by atoms with Crippen LogP contribution >= 0.6 is 0 Å². The van der Waals surface area contributed by atoms with E-state index in [4.69, 9.17) is 14.7 Å². The molecular formula is C32H35N3O3. The van der Waals surface area contributed by atoms with E-state index in [1.807, 2.05) is 23.1 Å². The van der Waals surface area contributed by atoms with E-state index in [1.54, 1.807) is 0 Å². The molecule has 0 unspecified atom stereocenters. The monoisotopic (exact) mass is 509 g/mol. The normalized spacial score (nSPS) is 25.3. The third-order valence-electron chi connectivity index (χ3n) is 9.33. The number of rotatable bonds is 1. The molecular weight excluding hydrogens is 474 g/mol. The fraction of sp³-hybridized carbons (Fsp3) is 0.469. The van der Waals surface area contributed by atoms with Crippen molar-refractivity contribution in [3.8, 4) is 5.75 Å². The Morgan fingerprint density at radius 3 is 2.50 bits per heavy atom. The summed E-state index contributed by atoms with van der Waals surface area (Å²) in [5.41, 5.74) is 4.93. The molecule has 6 nitrogen and oxygen atoms in total. The van der Waals surface area contributed by atoms with Crippen LogP contribution in [0.2, 0.25) is 0 Å². The lowest BCUT2D eigenvalue weighted by Crippen LogP contribution is -2.46. The number of aliphatic hydroxyl groups is 1. The molecule has 2 aliphatic heterocycles. The molecule has 0 radical (unpaired) electrons. The molecule has 3 atom stereocenters. The van der Waals surface area contributed by atoms with Gasteiger partial charge in [-0.1, -0.05) is 37.6 Å². The summed E-state index contributed by atoms with van der Waals surface area (Å²) >= 11 is 0. The van der Waals surface area contributed by atoms with Gasteiger partial charge in [-0.3, -0.25) is 4.79 Å². The Hall–Kier alpha value is -3.25. The first kappa shape index (κ1) is 23.8. The highest BCUT2D eigenvalue weighted by molar-refractivity contribution is 6.11. The van der Waals surface area contributed by atoms with Crippen molar-refractivity contribution in [3.05, 3.63) is 53.6 Å². The highest BCUT2D eigenvalue weighted by Crippen LogP contribution is 2.56. The van der Waals surface area contributed by atoms with Gasteiger partial charge in [0.05, 0.1) is 28.2 Å². The van der Waals surface area contributed by atoms with E-state index in [-0.39, 0.29) is 17.6 Å². The van der Waals surface area contributed by atoms with Crippen LogP contribution in [0, 0.1) is 11.8 Å². The van der Waals surface area contributed by atoms with Gasteiger partial charge in [0.1, 0.15) is 11.4 Å². The number of likely N-dealkylation sites (tertiary alicyclic amines) is 1. The Labute approximate surface area is 223 Å². The van der Waals surface area contributed by atoms with E-state index >= 15 is 0 Å². The Bertz CT molecular complexity index is 1590. The lowest BCUT2D eigenvalue weighted by molar-refractivity contribution is -0.0115. The van der Waals surface area contributed by atoms with E-state index in [2.05, 4.69) is 45.0 Å². The van der Waals surface area contributed by atoms with Gasteiger partial charge in [0.2, 0.25) is 0 Å². The smallest absolute Gasteiger partial charge is 0.253 e. The number of ether oxygens (including phenoxy) is 1. The molecule has 4 aromatic rings. The summed E-state index contributed by atoms with van der Waals surface area (Å²) in [5, 5.41) is 12.0. The SMILES string of the molecule is C[C@H]1CC[C@H]2[C@H](C1)c1c(c3ccccc3c3nc4ccc(C(=O)N5CCC(O)CC5)cc4nc13)OC2(C)C. The van der Waals surface area contributed by atoms with E-state index in [1.165, 1.54) is 12.0 Å². The zero-order valence-corrected chi connectivity index (χ0v) is 22.4. The Balaban J connectivity index is 1.44. The number of hydrogen-bond acceptors (Lipinski definition) is 5. The van der Waals surface area contributed by atoms with Crippen molar-refractivity contribution in [1.29, 1.82) is 0 Å². The number of hydrogen-bond donors (Lipinski definition) is 1. The van der Waals surface area contributed by atoms with Crippen molar-refractivity contribution >= 4 is 38.7 Å². The van der Waals surface area contributed by atoms with Crippen LogP contribution in [0.3, 0.4) is 0 Å². The second-order valence-corrected chi connectivity index (χ2v) is 12.3. The van der Waals surface area contributed by atoms with Crippen LogP contribution in [0.15, 0.2) is 42.5 Å². The summed E-state index contributed by atoms with van der Waals surface area (Å²) in [6.45, 7) is 8.00. The van der Waals surface area contributed by atoms with Crippen LogP contribution < -0.4 is 4.74 Å². The first-order valence-electron chi connectivity index (χ1n) is 14.1. The minimum absolute atomic E-state index is 0.00695. The predicted molar refractivity (Wildman–Crippen MR) is 150 cm³/mol. The van der Waals surface area contributed by atoms with Crippen LogP contribution in [0.4, 0.5) is 0 Å². The van der Waals surface area contributed by atoms with Gasteiger partial charge in [-0.25, -0.2) is 9.97 Å². The number of benzene rings is 3. The number of fused-ring (bicyclic) bond motifs is 9. The summed E-state index contributed by atoms with van der Waals surface area (Å²) in [5.74, 6) is 2.39. The number of nitrogens with zero attached hydrogens (tertiary/aromatic N) is 3. The third-order valence-corrected chi connectivity index (χ3v) is 9.33. The van der Waals surface area contributed by atoms with Crippen molar-refractivity contribution in [2.75, 3.05) is 13.1 Å².